The van der Waals surface area contributed by atoms with Crippen LogP contribution in [0.2, 0.25) is 0 Å². The van der Waals surface area contributed by atoms with Crippen LogP contribution in [0.1, 0.15) is 35.6 Å². The van der Waals surface area contributed by atoms with Crippen molar-refractivity contribution in [3.63, 3.8) is 0 Å². The van der Waals surface area contributed by atoms with E-state index in [-0.39, 0.29) is 17.7 Å². The van der Waals surface area contributed by atoms with Gasteiger partial charge in [-0.3, -0.25) is 9.69 Å². The average Bonchev–Trinajstić information content (AvgIpc) is 2.99. The Labute approximate surface area is 143 Å². The van der Waals surface area contributed by atoms with Crippen molar-refractivity contribution in [2.45, 2.75) is 32.7 Å². The summed E-state index contributed by atoms with van der Waals surface area (Å²) in [6.45, 7) is 5.34. The topological polar surface area (TPSA) is 52.6 Å². The molecule has 0 bridgehead atoms. The summed E-state index contributed by atoms with van der Waals surface area (Å²) in [6, 6.07) is 13.6. The lowest BCUT2D eigenvalue weighted by molar-refractivity contribution is -0.117. The summed E-state index contributed by atoms with van der Waals surface area (Å²) in [5, 5.41) is 12.5. The highest BCUT2D eigenvalue weighted by Gasteiger charge is 2.27. The maximum Gasteiger partial charge on any atom is 0.238 e. The molecule has 1 amide bonds. The Hall–Kier alpha value is -2.33. The monoisotopic (exact) mass is 324 g/mol. The number of carbonyl (C=O) groups excluding carboxylic acids is 1. The third-order valence-corrected chi connectivity index (χ3v) is 4.66. The first kappa shape index (κ1) is 16.5. The number of hydrogen-bond acceptors (Lipinski definition) is 3. The number of anilines is 1. The Morgan fingerprint density at radius 2 is 1.96 bits per heavy atom. The van der Waals surface area contributed by atoms with Gasteiger partial charge in [0.05, 0.1) is 6.54 Å². The van der Waals surface area contributed by atoms with E-state index in [4.69, 9.17) is 0 Å². The number of aromatic hydroxyl groups is 1. The first-order chi connectivity index (χ1) is 11.5. The van der Waals surface area contributed by atoms with Crippen molar-refractivity contribution in [1.82, 2.24) is 4.90 Å². The van der Waals surface area contributed by atoms with E-state index < -0.39 is 0 Å². The van der Waals surface area contributed by atoms with Crippen LogP contribution in [-0.2, 0) is 4.79 Å². The minimum atomic E-state index is 0.0226. The number of likely N-dealkylation sites (tertiary alicyclic amines) is 1. The Kier molecular flexibility index (Phi) is 4.86. The first-order valence-corrected chi connectivity index (χ1v) is 8.43. The number of benzene rings is 2. The third-order valence-electron chi connectivity index (χ3n) is 4.66. The van der Waals surface area contributed by atoms with Crippen molar-refractivity contribution in [3.8, 4) is 5.75 Å². The summed E-state index contributed by atoms with van der Waals surface area (Å²) >= 11 is 0. The number of hydrogen-bond donors (Lipinski definition) is 2. The molecule has 1 saturated heterocycles. The number of nitrogens with zero attached hydrogens (tertiary/aromatic N) is 1. The molecule has 2 aromatic carbocycles. The van der Waals surface area contributed by atoms with Gasteiger partial charge in [0, 0.05) is 11.7 Å². The molecule has 4 heteroatoms. The van der Waals surface area contributed by atoms with Crippen molar-refractivity contribution in [2.75, 3.05) is 18.4 Å². The highest BCUT2D eigenvalue weighted by atomic mass is 16.3. The first-order valence-electron chi connectivity index (χ1n) is 8.43. The smallest absolute Gasteiger partial charge is 0.238 e. The molecule has 126 valence electrons. The molecular formula is C20H24N2O2. The van der Waals surface area contributed by atoms with E-state index in [2.05, 4.69) is 10.2 Å². The van der Waals surface area contributed by atoms with Gasteiger partial charge in [0.25, 0.3) is 0 Å². The fourth-order valence-corrected chi connectivity index (χ4v) is 3.33. The lowest BCUT2D eigenvalue weighted by atomic mass is 10.0. The number of phenolic OH excluding ortho intramolecular Hbond substituents is 1. The average molecular weight is 324 g/mol. The molecular weight excluding hydrogens is 300 g/mol. The van der Waals surface area contributed by atoms with E-state index in [1.165, 1.54) is 0 Å². The molecule has 0 aromatic heterocycles. The molecule has 3 rings (SSSR count). The number of rotatable bonds is 4. The van der Waals surface area contributed by atoms with E-state index >= 15 is 0 Å². The lowest BCUT2D eigenvalue weighted by Crippen LogP contribution is -2.33. The quantitative estimate of drug-likeness (QED) is 0.900. The van der Waals surface area contributed by atoms with Crippen LogP contribution in [0.15, 0.2) is 42.5 Å². The SMILES string of the molecule is Cc1ccc(C)c(NC(=O)CN2CCC[C@H]2c2ccc(O)cc2)c1. The van der Waals surface area contributed by atoms with Crippen molar-refractivity contribution in [2.24, 2.45) is 0 Å². The van der Waals surface area contributed by atoms with Gasteiger partial charge in [-0.15, -0.1) is 0 Å². The van der Waals surface area contributed by atoms with Gasteiger partial charge in [0.15, 0.2) is 0 Å². The number of aryl methyl sites for hydroxylation is 2. The summed E-state index contributed by atoms with van der Waals surface area (Å²) in [4.78, 5) is 14.7. The Morgan fingerprint density at radius 3 is 2.71 bits per heavy atom. The number of nitrogens with one attached hydrogen (secondary N) is 1. The van der Waals surface area contributed by atoms with Gasteiger partial charge in [-0.1, -0.05) is 24.3 Å². The maximum absolute atomic E-state index is 12.5. The molecule has 0 spiro atoms. The molecule has 2 aromatic rings. The summed E-state index contributed by atoms with van der Waals surface area (Å²) in [6.07, 6.45) is 2.13. The van der Waals surface area contributed by atoms with Crippen molar-refractivity contribution >= 4 is 11.6 Å². The molecule has 1 fully saturated rings. The molecule has 2 N–H and O–H groups in total. The predicted molar refractivity (Wildman–Crippen MR) is 96.2 cm³/mol. The van der Waals surface area contributed by atoms with Gasteiger partial charge in [0.1, 0.15) is 5.75 Å². The van der Waals surface area contributed by atoms with E-state index in [0.717, 1.165) is 41.8 Å². The highest BCUT2D eigenvalue weighted by molar-refractivity contribution is 5.93. The third kappa shape index (κ3) is 3.77. The van der Waals surface area contributed by atoms with Gasteiger partial charge < -0.3 is 10.4 Å². The predicted octanol–water partition coefficient (Wildman–Crippen LogP) is 3.78. The van der Waals surface area contributed by atoms with Crippen LogP contribution in [0, 0.1) is 13.8 Å². The van der Waals surface area contributed by atoms with Gasteiger partial charge >= 0.3 is 0 Å². The van der Waals surface area contributed by atoms with E-state index in [0.29, 0.717) is 6.54 Å². The normalized spacial score (nSPS) is 17.8. The number of carbonyl (C=O) groups is 1. The van der Waals surface area contributed by atoms with Crippen LogP contribution in [0.25, 0.3) is 0 Å². The second-order valence-electron chi connectivity index (χ2n) is 6.59. The molecule has 0 aliphatic carbocycles. The van der Waals surface area contributed by atoms with Crippen molar-refractivity contribution in [3.05, 3.63) is 59.2 Å². The van der Waals surface area contributed by atoms with Gasteiger partial charge in [-0.05, 0) is 68.1 Å². The van der Waals surface area contributed by atoms with Crippen molar-refractivity contribution in [1.29, 1.82) is 0 Å². The van der Waals surface area contributed by atoms with Crippen LogP contribution in [0.4, 0.5) is 5.69 Å². The molecule has 1 heterocycles. The van der Waals surface area contributed by atoms with E-state index in [9.17, 15) is 9.90 Å². The fourth-order valence-electron chi connectivity index (χ4n) is 3.33. The molecule has 24 heavy (non-hydrogen) atoms. The zero-order valence-corrected chi connectivity index (χ0v) is 14.2. The molecule has 0 saturated carbocycles. The fraction of sp³-hybridized carbons (Fsp3) is 0.350. The zero-order valence-electron chi connectivity index (χ0n) is 14.2. The summed E-state index contributed by atoms with van der Waals surface area (Å²) in [5.41, 5.74) is 4.26. The number of phenols is 1. The molecule has 1 aliphatic heterocycles. The van der Waals surface area contributed by atoms with Gasteiger partial charge in [0.2, 0.25) is 5.91 Å². The summed E-state index contributed by atoms with van der Waals surface area (Å²) in [5.74, 6) is 0.297. The molecule has 1 atom stereocenters. The van der Waals surface area contributed by atoms with Crippen LogP contribution < -0.4 is 5.32 Å². The number of amides is 1. The highest BCUT2D eigenvalue weighted by Crippen LogP contribution is 2.32. The van der Waals surface area contributed by atoms with Crippen LogP contribution in [0.3, 0.4) is 0 Å². The standard InChI is InChI=1S/C20H24N2O2/c1-14-5-6-15(2)18(12-14)21-20(24)13-22-11-3-4-19(22)16-7-9-17(23)10-8-16/h5-10,12,19,23H,3-4,11,13H2,1-2H3,(H,21,24)/t19-/m0/s1. The zero-order chi connectivity index (χ0) is 17.1. The Balaban J connectivity index is 1.67. The second kappa shape index (κ2) is 7.05. The van der Waals surface area contributed by atoms with Gasteiger partial charge in [-0.2, -0.15) is 0 Å². The summed E-state index contributed by atoms with van der Waals surface area (Å²) < 4.78 is 0. The maximum atomic E-state index is 12.5. The van der Waals surface area contributed by atoms with E-state index in [1.807, 2.05) is 44.2 Å². The molecule has 1 aliphatic rings. The minimum Gasteiger partial charge on any atom is -0.508 e. The Morgan fingerprint density at radius 1 is 1.21 bits per heavy atom. The second-order valence-corrected chi connectivity index (χ2v) is 6.59. The molecule has 4 nitrogen and oxygen atoms in total. The molecule has 0 unspecified atom stereocenters. The summed E-state index contributed by atoms with van der Waals surface area (Å²) in [7, 11) is 0. The van der Waals surface area contributed by atoms with Crippen LogP contribution in [0.5, 0.6) is 5.75 Å². The van der Waals surface area contributed by atoms with Crippen LogP contribution in [-0.4, -0.2) is 29.0 Å². The largest absolute Gasteiger partial charge is 0.508 e. The Bertz CT molecular complexity index is 725. The lowest BCUT2D eigenvalue weighted by Gasteiger charge is -2.24. The van der Waals surface area contributed by atoms with Gasteiger partial charge in [-0.25, -0.2) is 0 Å². The van der Waals surface area contributed by atoms with Crippen LogP contribution >= 0.6 is 0 Å². The van der Waals surface area contributed by atoms with Crippen molar-refractivity contribution < 1.29 is 9.90 Å². The van der Waals surface area contributed by atoms with E-state index in [1.54, 1.807) is 12.1 Å². The molecule has 0 radical (unpaired) electrons. The minimum absolute atomic E-state index is 0.0226.